The number of nitrogens with one attached hydrogen (secondary N) is 2. The van der Waals surface area contributed by atoms with Gasteiger partial charge in [-0.15, -0.1) is 0 Å². The second-order valence-electron chi connectivity index (χ2n) is 10.6. The van der Waals surface area contributed by atoms with E-state index in [1.54, 1.807) is 13.1 Å². The van der Waals surface area contributed by atoms with E-state index in [1.807, 2.05) is 4.90 Å². The third-order valence-electron chi connectivity index (χ3n) is 8.56. The molecule has 9 nitrogen and oxygen atoms in total. The van der Waals surface area contributed by atoms with Crippen molar-refractivity contribution in [1.82, 2.24) is 20.2 Å². The van der Waals surface area contributed by atoms with Gasteiger partial charge in [0.05, 0.1) is 21.9 Å². The monoisotopic (exact) mass is 488 g/mol. The SMILES string of the molecule is CC(=O)N1CCC(c2ccc3[nH]c4c(C(N)=O)cnc(N5CCCC6(CCNC6=O)C5)c4c3c2)CC1. The van der Waals surface area contributed by atoms with Gasteiger partial charge in [0, 0.05) is 56.7 Å². The molecular formula is C27H32N6O3. The zero-order valence-corrected chi connectivity index (χ0v) is 20.6. The number of primary amides is 1. The fourth-order valence-corrected chi connectivity index (χ4v) is 6.53. The molecule has 5 heterocycles. The zero-order valence-electron chi connectivity index (χ0n) is 20.6. The van der Waals surface area contributed by atoms with Crippen LogP contribution in [0.4, 0.5) is 5.82 Å². The molecule has 0 aliphatic carbocycles. The van der Waals surface area contributed by atoms with Gasteiger partial charge < -0.3 is 25.8 Å². The molecule has 1 spiro atoms. The smallest absolute Gasteiger partial charge is 0.252 e. The van der Waals surface area contributed by atoms with E-state index in [1.165, 1.54) is 5.56 Å². The lowest BCUT2D eigenvalue weighted by atomic mass is 9.78. The average Bonchev–Trinajstić information content (AvgIpc) is 3.43. The summed E-state index contributed by atoms with van der Waals surface area (Å²) in [6.45, 7) is 5.30. The number of hydrogen-bond acceptors (Lipinski definition) is 5. The summed E-state index contributed by atoms with van der Waals surface area (Å²) >= 11 is 0. The van der Waals surface area contributed by atoms with Crippen molar-refractivity contribution >= 4 is 45.3 Å². The first kappa shape index (κ1) is 22.8. The van der Waals surface area contributed by atoms with Crippen molar-refractivity contribution in [1.29, 1.82) is 0 Å². The lowest BCUT2D eigenvalue weighted by Crippen LogP contribution is -2.47. The van der Waals surface area contributed by atoms with Crippen molar-refractivity contribution < 1.29 is 14.4 Å². The molecule has 3 saturated heterocycles. The summed E-state index contributed by atoms with van der Waals surface area (Å²) in [6, 6.07) is 6.42. The first-order chi connectivity index (χ1) is 17.4. The number of nitrogens with two attached hydrogens (primary N) is 1. The van der Waals surface area contributed by atoms with Crippen LogP contribution in [0.3, 0.4) is 0 Å². The topological polar surface area (TPSA) is 124 Å². The van der Waals surface area contributed by atoms with Crippen LogP contribution in [0.15, 0.2) is 24.4 Å². The van der Waals surface area contributed by atoms with E-state index in [4.69, 9.17) is 10.7 Å². The Balaban J connectivity index is 1.44. The van der Waals surface area contributed by atoms with Crippen LogP contribution in [-0.2, 0) is 9.59 Å². The van der Waals surface area contributed by atoms with Gasteiger partial charge in [-0.05, 0) is 55.7 Å². The standard InChI is InChI=1S/C27H32N6O3/c1-16(34)32-11-5-17(6-12-32)18-3-4-21-19(13-18)22-23(31-21)20(24(28)35)14-30-25(22)33-10-2-7-27(15-33)8-9-29-26(27)36/h3-4,13-14,17,31H,2,5-12,15H2,1H3,(H2,28,35)(H,29,36). The molecule has 1 unspecified atom stereocenters. The number of pyridine rings is 1. The van der Waals surface area contributed by atoms with Gasteiger partial charge in [0.15, 0.2) is 0 Å². The number of nitrogens with zero attached hydrogens (tertiary/aromatic N) is 3. The predicted molar refractivity (Wildman–Crippen MR) is 138 cm³/mol. The van der Waals surface area contributed by atoms with Crippen LogP contribution in [0.1, 0.15) is 60.9 Å². The minimum Gasteiger partial charge on any atom is -0.365 e. The van der Waals surface area contributed by atoms with Crippen molar-refractivity contribution in [3.63, 3.8) is 0 Å². The molecule has 3 aromatic rings. The summed E-state index contributed by atoms with van der Waals surface area (Å²) in [5.41, 5.74) is 8.57. The fraction of sp³-hybridized carbons (Fsp3) is 0.481. The number of fused-ring (bicyclic) bond motifs is 3. The van der Waals surface area contributed by atoms with Crippen LogP contribution in [0, 0.1) is 5.41 Å². The number of amides is 3. The number of H-pyrrole nitrogens is 1. The molecule has 1 atom stereocenters. The number of piperidine rings is 2. The molecule has 6 rings (SSSR count). The molecule has 36 heavy (non-hydrogen) atoms. The second-order valence-corrected chi connectivity index (χ2v) is 10.6. The fourth-order valence-electron chi connectivity index (χ4n) is 6.53. The van der Waals surface area contributed by atoms with Crippen molar-refractivity contribution in [3.05, 3.63) is 35.5 Å². The van der Waals surface area contributed by atoms with Gasteiger partial charge in [-0.2, -0.15) is 0 Å². The molecule has 188 valence electrons. The molecule has 4 N–H and O–H groups in total. The van der Waals surface area contributed by atoms with Gasteiger partial charge >= 0.3 is 0 Å². The number of benzene rings is 1. The van der Waals surface area contributed by atoms with E-state index in [9.17, 15) is 14.4 Å². The largest absolute Gasteiger partial charge is 0.365 e. The number of rotatable bonds is 3. The molecule has 3 aliphatic heterocycles. The van der Waals surface area contributed by atoms with Crippen LogP contribution < -0.4 is 16.0 Å². The Labute approximate surface area is 209 Å². The Morgan fingerprint density at radius 3 is 2.67 bits per heavy atom. The Bertz CT molecular complexity index is 1390. The molecule has 0 bridgehead atoms. The first-order valence-corrected chi connectivity index (χ1v) is 12.9. The van der Waals surface area contributed by atoms with E-state index in [0.29, 0.717) is 23.5 Å². The minimum absolute atomic E-state index is 0.130. The minimum atomic E-state index is -0.521. The molecule has 2 aromatic heterocycles. The van der Waals surface area contributed by atoms with Gasteiger partial charge in [-0.1, -0.05) is 6.07 Å². The number of aromatic nitrogens is 2. The summed E-state index contributed by atoms with van der Waals surface area (Å²) < 4.78 is 0. The lowest BCUT2D eigenvalue weighted by molar-refractivity contribution is -0.130. The second kappa shape index (κ2) is 8.50. The summed E-state index contributed by atoms with van der Waals surface area (Å²) in [5, 5.41) is 4.91. The Morgan fingerprint density at radius 2 is 1.97 bits per heavy atom. The summed E-state index contributed by atoms with van der Waals surface area (Å²) in [5.74, 6) is 0.906. The maximum absolute atomic E-state index is 12.7. The number of likely N-dealkylation sites (tertiary alicyclic amines) is 1. The van der Waals surface area contributed by atoms with Crippen molar-refractivity contribution in [2.75, 3.05) is 37.6 Å². The third kappa shape index (κ3) is 3.60. The molecule has 0 saturated carbocycles. The van der Waals surface area contributed by atoms with E-state index >= 15 is 0 Å². The number of aromatic amines is 1. The maximum Gasteiger partial charge on any atom is 0.252 e. The highest BCUT2D eigenvalue weighted by Gasteiger charge is 2.45. The maximum atomic E-state index is 12.7. The Hall–Kier alpha value is -3.62. The Kier molecular flexibility index (Phi) is 5.39. The van der Waals surface area contributed by atoms with Gasteiger partial charge in [-0.25, -0.2) is 4.98 Å². The molecule has 3 aliphatic rings. The number of carbonyl (C=O) groups is 3. The number of hydrogen-bond donors (Lipinski definition) is 3. The molecule has 1 aromatic carbocycles. The quantitative estimate of drug-likeness (QED) is 0.523. The van der Waals surface area contributed by atoms with E-state index in [0.717, 1.165) is 80.4 Å². The number of anilines is 1. The molecule has 3 amide bonds. The van der Waals surface area contributed by atoms with Crippen LogP contribution in [0.5, 0.6) is 0 Å². The van der Waals surface area contributed by atoms with E-state index in [-0.39, 0.29) is 17.2 Å². The van der Waals surface area contributed by atoms with Gasteiger partial charge in [0.1, 0.15) is 5.82 Å². The average molecular weight is 489 g/mol. The van der Waals surface area contributed by atoms with Crippen LogP contribution in [0.25, 0.3) is 21.8 Å². The molecular weight excluding hydrogens is 456 g/mol. The van der Waals surface area contributed by atoms with Crippen molar-refractivity contribution in [3.8, 4) is 0 Å². The summed E-state index contributed by atoms with van der Waals surface area (Å²) in [4.78, 5) is 49.1. The van der Waals surface area contributed by atoms with Crippen LogP contribution in [-0.4, -0.2) is 65.3 Å². The van der Waals surface area contributed by atoms with Crippen LogP contribution >= 0.6 is 0 Å². The lowest BCUT2D eigenvalue weighted by Gasteiger charge is -2.39. The highest BCUT2D eigenvalue weighted by atomic mass is 16.2. The third-order valence-corrected chi connectivity index (χ3v) is 8.56. The zero-order chi connectivity index (χ0) is 25.0. The Morgan fingerprint density at radius 1 is 1.17 bits per heavy atom. The summed E-state index contributed by atoms with van der Waals surface area (Å²) in [7, 11) is 0. The normalized spacial score (nSPS) is 23.1. The predicted octanol–water partition coefficient (Wildman–Crippen LogP) is 2.65. The van der Waals surface area contributed by atoms with Crippen molar-refractivity contribution in [2.24, 2.45) is 11.1 Å². The van der Waals surface area contributed by atoms with Gasteiger partial charge in [-0.3, -0.25) is 14.4 Å². The van der Waals surface area contributed by atoms with Gasteiger partial charge in [0.2, 0.25) is 11.8 Å². The van der Waals surface area contributed by atoms with Gasteiger partial charge in [0.25, 0.3) is 5.91 Å². The highest BCUT2D eigenvalue weighted by molar-refractivity contribution is 6.18. The van der Waals surface area contributed by atoms with Crippen LogP contribution in [0.2, 0.25) is 0 Å². The molecule has 3 fully saturated rings. The van der Waals surface area contributed by atoms with E-state index in [2.05, 4.69) is 33.4 Å². The summed E-state index contributed by atoms with van der Waals surface area (Å²) in [6.07, 6.45) is 6.04. The highest BCUT2D eigenvalue weighted by Crippen LogP contribution is 2.42. The van der Waals surface area contributed by atoms with Crippen molar-refractivity contribution in [2.45, 2.75) is 44.9 Å². The first-order valence-electron chi connectivity index (χ1n) is 12.9. The number of carbonyl (C=O) groups excluding carboxylic acids is 3. The molecule has 9 heteroatoms. The molecule has 0 radical (unpaired) electrons. The van der Waals surface area contributed by atoms with E-state index < -0.39 is 5.91 Å².